The van der Waals surface area contributed by atoms with Crippen LogP contribution in [0.15, 0.2) is 35.1 Å². The number of benzene rings is 1. The van der Waals surface area contributed by atoms with Crippen molar-refractivity contribution >= 4 is 22.5 Å². The average molecular weight is 383 g/mol. The Labute approximate surface area is 164 Å². The van der Waals surface area contributed by atoms with Crippen molar-refractivity contribution in [3.63, 3.8) is 0 Å². The van der Waals surface area contributed by atoms with Crippen molar-refractivity contribution in [2.75, 3.05) is 26.7 Å². The molecule has 0 unspecified atom stereocenters. The summed E-state index contributed by atoms with van der Waals surface area (Å²) in [6.07, 6.45) is 3.32. The summed E-state index contributed by atoms with van der Waals surface area (Å²) in [5, 5.41) is 3.88. The maximum atomic E-state index is 12.6. The molecular formula is C21H29N5O2. The smallest absolute Gasteiger partial charge is 0.273 e. The summed E-state index contributed by atoms with van der Waals surface area (Å²) in [5.74, 6) is -0.0445. The van der Waals surface area contributed by atoms with Crippen molar-refractivity contribution in [3.8, 4) is 0 Å². The third-order valence-electron chi connectivity index (χ3n) is 4.97. The molecule has 3 rings (SSSR count). The molecule has 1 N–H and O–H groups in total. The molecule has 0 saturated carbocycles. The molecule has 0 fully saturated rings. The van der Waals surface area contributed by atoms with Crippen LogP contribution in [-0.4, -0.2) is 51.7 Å². The molecule has 0 bridgehead atoms. The summed E-state index contributed by atoms with van der Waals surface area (Å²) < 4.78 is 3.74. The molecule has 0 atom stereocenters. The summed E-state index contributed by atoms with van der Waals surface area (Å²) in [6.45, 7) is 6.95. The zero-order valence-corrected chi connectivity index (χ0v) is 16.9. The normalized spacial score (nSPS) is 11.6. The number of nitrogens with zero attached hydrogens (tertiary/aromatic N) is 4. The number of carbonyl (C=O) groups excluding carboxylic acids is 1. The maximum Gasteiger partial charge on any atom is 0.273 e. The fourth-order valence-corrected chi connectivity index (χ4v) is 3.53. The van der Waals surface area contributed by atoms with Gasteiger partial charge < -0.3 is 10.2 Å². The molecule has 7 nitrogen and oxygen atoms in total. The lowest BCUT2D eigenvalue weighted by Gasteiger charge is -2.16. The van der Waals surface area contributed by atoms with Crippen molar-refractivity contribution in [1.82, 2.24) is 24.4 Å². The highest BCUT2D eigenvalue weighted by Gasteiger charge is 2.15. The molecule has 0 aliphatic carbocycles. The molecule has 7 heteroatoms. The number of hydrogen-bond acceptors (Lipinski definition) is 4. The Balaban J connectivity index is 1.71. The maximum absolute atomic E-state index is 12.6. The highest BCUT2D eigenvalue weighted by Crippen LogP contribution is 2.21. The fraction of sp³-hybridized carbons (Fsp3) is 0.476. The quantitative estimate of drug-likeness (QED) is 0.575. The lowest BCUT2D eigenvalue weighted by Crippen LogP contribution is -2.32. The topological polar surface area (TPSA) is 71.6 Å². The van der Waals surface area contributed by atoms with Gasteiger partial charge in [-0.1, -0.05) is 25.5 Å². The molecule has 3 aromatic rings. The molecule has 2 aromatic heterocycles. The van der Waals surface area contributed by atoms with Crippen LogP contribution in [-0.2, 0) is 11.3 Å². The van der Waals surface area contributed by atoms with Gasteiger partial charge in [-0.3, -0.25) is 14.3 Å². The predicted molar refractivity (Wildman–Crippen MR) is 112 cm³/mol. The van der Waals surface area contributed by atoms with Crippen LogP contribution in [0.1, 0.15) is 31.9 Å². The van der Waals surface area contributed by atoms with E-state index in [4.69, 9.17) is 0 Å². The minimum atomic E-state index is -0.267. The standard InChI is InChI=1S/C21H29N5O2/c1-4-5-12-24(3)13-8-11-22-20(28)15-25-18-10-7-6-9-17(18)21-23-19(27)14-16(2)26(21)25/h6-7,9-10,14H,4-5,8,11-13,15H2,1-3H3,(H,22,28). The molecular weight excluding hydrogens is 354 g/mol. The van der Waals surface area contributed by atoms with Crippen LogP contribution in [0.3, 0.4) is 0 Å². The first-order valence-corrected chi connectivity index (χ1v) is 9.94. The molecule has 2 heterocycles. The molecule has 0 radical (unpaired) electrons. The Bertz CT molecular complexity index is 1020. The third-order valence-corrected chi connectivity index (χ3v) is 4.97. The van der Waals surface area contributed by atoms with Crippen LogP contribution < -0.4 is 10.9 Å². The first kappa shape index (κ1) is 20.1. The summed E-state index contributed by atoms with van der Waals surface area (Å²) in [4.78, 5) is 30.9. The number of para-hydroxylation sites is 1. The number of unbranched alkanes of at least 4 members (excludes halogenated alkanes) is 1. The largest absolute Gasteiger partial charge is 0.354 e. The number of carbonyl (C=O) groups is 1. The zero-order valence-electron chi connectivity index (χ0n) is 16.9. The van der Waals surface area contributed by atoms with Gasteiger partial charge in [-0.05, 0) is 52.0 Å². The van der Waals surface area contributed by atoms with Crippen molar-refractivity contribution in [1.29, 1.82) is 0 Å². The van der Waals surface area contributed by atoms with E-state index in [9.17, 15) is 9.59 Å². The second kappa shape index (κ2) is 9.01. The Hall–Kier alpha value is -2.67. The van der Waals surface area contributed by atoms with Crippen molar-refractivity contribution in [3.05, 3.63) is 46.4 Å². The minimum absolute atomic E-state index is 0.0445. The minimum Gasteiger partial charge on any atom is -0.354 e. The van der Waals surface area contributed by atoms with Gasteiger partial charge in [0.25, 0.3) is 5.56 Å². The highest BCUT2D eigenvalue weighted by molar-refractivity contribution is 5.93. The van der Waals surface area contributed by atoms with Gasteiger partial charge in [-0.25, -0.2) is 4.52 Å². The van der Waals surface area contributed by atoms with Crippen molar-refractivity contribution in [2.24, 2.45) is 0 Å². The van der Waals surface area contributed by atoms with Gasteiger partial charge in [0.1, 0.15) is 6.54 Å². The SMILES string of the molecule is CCCCN(C)CCCNC(=O)Cn1c2ccccc2c2nc(=O)cc(C)n21. The predicted octanol–water partition coefficient (Wildman–Crippen LogP) is 2.20. The van der Waals surface area contributed by atoms with Gasteiger partial charge in [0.05, 0.1) is 5.52 Å². The van der Waals surface area contributed by atoms with Crippen LogP contribution in [0, 0.1) is 6.92 Å². The molecule has 0 saturated heterocycles. The fourth-order valence-electron chi connectivity index (χ4n) is 3.53. The number of amides is 1. The Morgan fingerprint density at radius 3 is 2.75 bits per heavy atom. The monoisotopic (exact) mass is 383 g/mol. The summed E-state index contributed by atoms with van der Waals surface area (Å²) in [7, 11) is 2.12. The first-order valence-electron chi connectivity index (χ1n) is 9.94. The number of aromatic nitrogens is 3. The van der Waals surface area contributed by atoms with E-state index in [0.717, 1.165) is 36.1 Å². The van der Waals surface area contributed by atoms with Crippen molar-refractivity contribution < 1.29 is 4.79 Å². The zero-order chi connectivity index (χ0) is 20.1. The van der Waals surface area contributed by atoms with Gasteiger partial charge in [-0.15, -0.1) is 0 Å². The number of rotatable bonds is 9. The summed E-state index contributed by atoms with van der Waals surface area (Å²) in [5.41, 5.74) is 1.97. The van der Waals surface area contributed by atoms with E-state index in [-0.39, 0.29) is 18.0 Å². The number of hydrogen-bond donors (Lipinski definition) is 1. The van der Waals surface area contributed by atoms with E-state index in [1.807, 2.05) is 40.4 Å². The molecule has 1 amide bonds. The van der Waals surface area contributed by atoms with E-state index in [1.165, 1.54) is 18.9 Å². The summed E-state index contributed by atoms with van der Waals surface area (Å²) >= 11 is 0. The molecule has 28 heavy (non-hydrogen) atoms. The van der Waals surface area contributed by atoms with E-state index in [1.54, 1.807) is 0 Å². The molecule has 0 spiro atoms. The van der Waals surface area contributed by atoms with Gasteiger partial charge in [-0.2, -0.15) is 4.98 Å². The van der Waals surface area contributed by atoms with Crippen LogP contribution in [0.4, 0.5) is 0 Å². The highest BCUT2D eigenvalue weighted by atomic mass is 16.2. The second-order valence-corrected chi connectivity index (χ2v) is 7.31. The van der Waals surface area contributed by atoms with Crippen LogP contribution in [0.2, 0.25) is 0 Å². The molecule has 150 valence electrons. The first-order chi connectivity index (χ1) is 13.5. The van der Waals surface area contributed by atoms with E-state index in [0.29, 0.717) is 12.2 Å². The molecule has 0 aliphatic rings. The van der Waals surface area contributed by atoms with Crippen LogP contribution in [0.5, 0.6) is 0 Å². The number of nitrogens with one attached hydrogen (secondary N) is 1. The van der Waals surface area contributed by atoms with Gasteiger partial charge in [0.2, 0.25) is 5.91 Å². The van der Waals surface area contributed by atoms with Gasteiger partial charge in [0.15, 0.2) is 5.65 Å². The van der Waals surface area contributed by atoms with E-state index >= 15 is 0 Å². The summed E-state index contributed by atoms with van der Waals surface area (Å²) in [6, 6.07) is 9.21. The van der Waals surface area contributed by atoms with Crippen molar-refractivity contribution in [2.45, 2.75) is 39.7 Å². The van der Waals surface area contributed by atoms with E-state index < -0.39 is 0 Å². The molecule has 1 aromatic carbocycles. The Morgan fingerprint density at radius 2 is 1.96 bits per heavy atom. The third kappa shape index (κ3) is 4.42. The number of fused-ring (bicyclic) bond motifs is 3. The van der Waals surface area contributed by atoms with E-state index in [2.05, 4.69) is 29.2 Å². The average Bonchev–Trinajstić information content (AvgIpc) is 2.97. The lowest BCUT2D eigenvalue weighted by molar-refractivity contribution is -0.121. The van der Waals surface area contributed by atoms with Crippen LogP contribution in [0.25, 0.3) is 16.6 Å². The van der Waals surface area contributed by atoms with Crippen LogP contribution >= 0.6 is 0 Å². The second-order valence-electron chi connectivity index (χ2n) is 7.31. The Morgan fingerprint density at radius 1 is 1.21 bits per heavy atom. The van der Waals surface area contributed by atoms with Gasteiger partial charge in [0, 0.05) is 23.7 Å². The number of aryl methyl sites for hydroxylation is 1. The van der Waals surface area contributed by atoms with Gasteiger partial charge >= 0.3 is 0 Å². The lowest BCUT2D eigenvalue weighted by atomic mass is 10.2. The Kier molecular flexibility index (Phi) is 6.46. The molecule has 0 aliphatic heterocycles.